The van der Waals surface area contributed by atoms with Crippen LogP contribution < -0.4 is 5.73 Å². The summed E-state index contributed by atoms with van der Waals surface area (Å²) in [5.41, 5.74) is 7.90. The zero-order chi connectivity index (χ0) is 14.8. The zero-order valence-corrected chi connectivity index (χ0v) is 12.7. The maximum Gasteiger partial charge on any atom is 0.246 e. The van der Waals surface area contributed by atoms with Gasteiger partial charge in [0.2, 0.25) is 11.7 Å². The fourth-order valence-corrected chi connectivity index (χ4v) is 2.22. The molecular weight excluding hydrogens is 250 g/mol. The first-order valence-corrected chi connectivity index (χ1v) is 7.17. The van der Waals surface area contributed by atoms with Crippen LogP contribution >= 0.6 is 0 Å². The number of nitrogens with zero attached hydrogens (tertiary/aromatic N) is 2. The van der Waals surface area contributed by atoms with Gasteiger partial charge in [0.05, 0.1) is 5.54 Å². The molecule has 108 valence electrons. The molecule has 4 heteroatoms. The molecule has 2 aromatic rings. The Bertz CT molecular complexity index is 555. The maximum atomic E-state index is 6.21. The van der Waals surface area contributed by atoms with E-state index >= 15 is 0 Å². The highest BCUT2D eigenvalue weighted by atomic mass is 16.5. The SMILES string of the molecule is CCCC(C)(N)c1nc(-c2ccc(C(C)C)cc2)no1. The molecule has 4 nitrogen and oxygen atoms in total. The Morgan fingerprint density at radius 1 is 1.25 bits per heavy atom. The van der Waals surface area contributed by atoms with Crippen molar-refractivity contribution in [3.63, 3.8) is 0 Å². The number of benzene rings is 1. The quantitative estimate of drug-likeness (QED) is 0.899. The van der Waals surface area contributed by atoms with Crippen LogP contribution in [-0.4, -0.2) is 10.1 Å². The summed E-state index contributed by atoms with van der Waals surface area (Å²) in [4.78, 5) is 4.44. The van der Waals surface area contributed by atoms with Gasteiger partial charge in [-0.25, -0.2) is 0 Å². The topological polar surface area (TPSA) is 64.9 Å². The molecule has 1 atom stereocenters. The van der Waals surface area contributed by atoms with Crippen molar-refractivity contribution in [2.45, 2.75) is 52.0 Å². The minimum absolute atomic E-state index is 0.502. The van der Waals surface area contributed by atoms with Crippen LogP contribution in [0.1, 0.15) is 57.9 Å². The molecule has 0 aliphatic heterocycles. The van der Waals surface area contributed by atoms with Crippen LogP contribution in [0.2, 0.25) is 0 Å². The van der Waals surface area contributed by atoms with Gasteiger partial charge in [-0.1, -0.05) is 56.6 Å². The largest absolute Gasteiger partial charge is 0.337 e. The summed E-state index contributed by atoms with van der Waals surface area (Å²) in [5.74, 6) is 1.62. The van der Waals surface area contributed by atoms with Gasteiger partial charge in [-0.05, 0) is 24.8 Å². The van der Waals surface area contributed by atoms with Crippen molar-refractivity contribution >= 4 is 0 Å². The minimum atomic E-state index is -0.558. The lowest BCUT2D eigenvalue weighted by molar-refractivity contribution is 0.284. The van der Waals surface area contributed by atoms with Crippen LogP contribution in [0.4, 0.5) is 0 Å². The first-order valence-electron chi connectivity index (χ1n) is 7.17. The summed E-state index contributed by atoms with van der Waals surface area (Å²) in [6, 6.07) is 8.25. The van der Waals surface area contributed by atoms with Crippen molar-refractivity contribution in [2.24, 2.45) is 5.73 Å². The van der Waals surface area contributed by atoms with Crippen molar-refractivity contribution in [1.82, 2.24) is 10.1 Å². The Balaban J connectivity index is 2.24. The van der Waals surface area contributed by atoms with Gasteiger partial charge in [-0.2, -0.15) is 4.98 Å². The summed E-state index contributed by atoms with van der Waals surface area (Å²) in [6.07, 6.45) is 1.80. The first-order chi connectivity index (χ1) is 9.44. The van der Waals surface area contributed by atoms with Gasteiger partial charge in [-0.15, -0.1) is 0 Å². The summed E-state index contributed by atoms with van der Waals surface area (Å²) in [6.45, 7) is 8.36. The molecule has 0 spiro atoms. The van der Waals surface area contributed by atoms with E-state index in [2.05, 4.69) is 43.0 Å². The average molecular weight is 273 g/mol. The van der Waals surface area contributed by atoms with Gasteiger partial charge < -0.3 is 10.3 Å². The molecule has 0 aliphatic carbocycles. The normalized spacial score (nSPS) is 14.5. The molecule has 1 unspecified atom stereocenters. The molecule has 0 fully saturated rings. The van der Waals surface area contributed by atoms with Crippen LogP contribution in [0, 0.1) is 0 Å². The van der Waals surface area contributed by atoms with E-state index in [1.54, 1.807) is 0 Å². The number of nitrogens with two attached hydrogens (primary N) is 1. The molecule has 0 radical (unpaired) electrons. The zero-order valence-electron chi connectivity index (χ0n) is 12.7. The van der Waals surface area contributed by atoms with Crippen molar-refractivity contribution in [3.8, 4) is 11.4 Å². The Kier molecular flexibility index (Phi) is 4.23. The summed E-state index contributed by atoms with van der Waals surface area (Å²) >= 11 is 0. The fourth-order valence-electron chi connectivity index (χ4n) is 2.22. The number of aromatic nitrogens is 2. The molecule has 0 amide bonds. The second kappa shape index (κ2) is 5.75. The van der Waals surface area contributed by atoms with Gasteiger partial charge in [0.15, 0.2) is 0 Å². The number of rotatable bonds is 5. The third-order valence-electron chi connectivity index (χ3n) is 3.52. The van der Waals surface area contributed by atoms with Crippen molar-refractivity contribution in [1.29, 1.82) is 0 Å². The molecular formula is C16H23N3O. The Labute approximate surface area is 120 Å². The summed E-state index contributed by atoms with van der Waals surface area (Å²) in [7, 11) is 0. The predicted molar refractivity (Wildman–Crippen MR) is 80.3 cm³/mol. The van der Waals surface area contributed by atoms with Crippen molar-refractivity contribution in [2.75, 3.05) is 0 Å². The molecule has 1 aromatic heterocycles. The minimum Gasteiger partial charge on any atom is -0.337 e. The lowest BCUT2D eigenvalue weighted by Crippen LogP contribution is -2.33. The van der Waals surface area contributed by atoms with E-state index in [1.165, 1.54) is 5.56 Å². The molecule has 20 heavy (non-hydrogen) atoms. The molecule has 2 N–H and O–H groups in total. The Morgan fingerprint density at radius 2 is 1.90 bits per heavy atom. The average Bonchev–Trinajstić information content (AvgIpc) is 2.89. The van der Waals surface area contributed by atoms with Gasteiger partial charge in [0, 0.05) is 5.56 Å². The number of hydrogen-bond donors (Lipinski definition) is 1. The standard InChI is InChI=1S/C16H23N3O/c1-5-10-16(4,17)15-18-14(19-20-15)13-8-6-12(7-9-13)11(2)3/h6-9,11H,5,10,17H2,1-4H3. The second-order valence-corrected chi connectivity index (χ2v) is 5.87. The van der Waals surface area contributed by atoms with E-state index in [-0.39, 0.29) is 0 Å². The van der Waals surface area contributed by atoms with Gasteiger partial charge in [-0.3, -0.25) is 0 Å². The number of hydrogen-bond acceptors (Lipinski definition) is 4. The van der Waals surface area contributed by atoms with Crippen LogP contribution in [0.25, 0.3) is 11.4 Å². The third-order valence-corrected chi connectivity index (χ3v) is 3.52. The van der Waals surface area contributed by atoms with Crippen LogP contribution in [0.15, 0.2) is 28.8 Å². The Hall–Kier alpha value is -1.68. The van der Waals surface area contributed by atoms with Crippen LogP contribution in [0.3, 0.4) is 0 Å². The summed E-state index contributed by atoms with van der Waals surface area (Å²) < 4.78 is 5.33. The van der Waals surface area contributed by atoms with E-state index in [1.807, 2.05) is 19.1 Å². The van der Waals surface area contributed by atoms with Crippen molar-refractivity contribution < 1.29 is 4.52 Å². The predicted octanol–water partition coefficient (Wildman–Crippen LogP) is 3.83. The van der Waals surface area contributed by atoms with Gasteiger partial charge in [0.25, 0.3) is 0 Å². The van der Waals surface area contributed by atoms with E-state index < -0.39 is 5.54 Å². The summed E-state index contributed by atoms with van der Waals surface area (Å²) in [5, 5.41) is 4.04. The second-order valence-electron chi connectivity index (χ2n) is 5.87. The van der Waals surface area contributed by atoms with E-state index in [0.717, 1.165) is 18.4 Å². The van der Waals surface area contributed by atoms with Crippen LogP contribution in [0.5, 0.6) is 0 Å². The molecule has 0 saturated heterocycles. The van der Waals surface area contributed by atoms with Crippen molar-refractivity contribution in [3.05, 3.63) is 35.7 Å². The van der Waals surface area contributed by atoms with E-state index in [0.29, 0.717) is 17.6 Å². The fraction of sp³-hybridized carbons (Fsp3) is 0.500. The maximum absolute atomic E-state index is 6.21. The molecule has 1 heterocycles. The monoisotopic (exact) mass is 273 g/mol. The smallest absolute Gasteiger partial charge is 0.246 e. The van der Waals surface area contributed by atoms with Gasteiger partial charge in [0.1, 0.15) is 0 Å². The lowest BCUT2D eigenvalue weighted by atomic mass is 9.98. The molecule has 0 saturated carbocycles. The first kappa shape index (κ1) is 14.7. The third kappa shape index (κ3) is 3.07. The van der Waals surface area contributed by atoms with E-state index in [9.17, 15) is 0 Å². The highest BCUT2D eigenvalue weighted by molar-refractivity contribution is 5.55. The lowest BCUT2D eigenvalue weighted by Gasteiger charge is -2.18. The molecule has 0 aliphatic rings. The molecule has 2 rings (SSSR count). The van der Waals surface area contributed by atoms with Gasteiger partial charge >= 0.3 is 0 Å². The highest BCUT2D eigenvalue weighted by Crippen LogP contribution is 2.25. The highest BCUT2D eigenvalue weighted by Gasteiger charge is 2.27. The Morgan fingerprint density at radius 3 is 2.45 bits per heavy atom. The molecule has 1 aromatic carbocycles. The van der Waals surface area contributed by atoms with Crippen LogP contribution in [-0.2, 0) is 5.54 Å². The molecule has 0 bridgehead atoms. The van der Waals surface area contributed by atoms with E-state index in [4.69, 9.17) is 10.3 Å².